The molecular formula is C41H47N9O6. The smallest absolute Gasteiger partial charge is 0.329 e. The summed E-state index contributed by atoms with van der Waals surface area (Å²) in [7, 11) is 1.67. The third kappa shape index (κ3) is 8.31. The first-order chi connectivity index (χ1) is 26.9. The Balaban J connectivity index is 0.884. The molecule has 1 atom stereocenters. The van der Waals surface area contributed by atoms with Gasteiger partial charge in [0.1, 0.15) is 23.9 Å². The van der Waals surface area contributed by atoms with Gasteiger partial charge in [-0.1, -0.05) is 17.9 Å². The van der Waals surface area contributed by atoms with Crippen molar-refractivity contribution >= 4 is 40.1 Å². The van der Waals surface area contributed by atoms with Crippen LogP contribution >= 0.6 is 0 Å². The van der Waals surface area contributed by atoms with E-state index in [4.69, 9.17) is 16.4 Å². The van der Waals surface area contributed by atoms with Crippen molar-refractivity contribution < 1.29 is 24.2 Å². The fourth-order valence-corrected chi connectivity index (χ4v) is 8.21. The Morgan fingerprint density at radius 1 is 1.11 bits per heavy atom. The number of hydrogen-bond donors (Lipinski definition) is 3. The molecule has 3 amide bonds. The zero-order chi connectivity index (χ0) is 39.6. The number of ether oxygens (including phenoxy) is 1. The number of nitrogens with one attached hydrogen (secondary N) is 2. The summed E-state index contributed by atoms with van der Waals surface area (Å²) < 4.78 is 11.0. The average Bonchev–Trinajstić information content (AvgIpc) is 3.73. The van der Waals surface area contributed by atoms with E-state index in [-0.39, 0.29) is 54.4 Å². The SMILES string of the molecule is [C-]#[N+]c1cncc(C(=O)Nc2cn(C3CCC(CN4CCC(OCC#Cc5cccc6c5n(C)c(=O)n6C5CCC(=O)NC5=O)CC4)CC3)nc2C(C)(C)O)c1. The average molecular weight is 762 g/mol. The van der Waals surface area contributed by atoms with Gasteiger partial charge >= 0.3 is 5.69 Å². The number of carbonyl (C=O) groups is 3. The lowest BCUT2D eigenvalue weighted by Crippen LogP contribution is -2.44. The fourth-order valence-electron chi connectivity index (χ4n) is 8.21. The number of benzene rings is 1. The summed E-state index contributed by atoms with van der Waals surface area (Å²) in [6, 6.07) is 6.37. The number of likely N-dealkylation sites (tertiary alicyclic amines) is 1. The van der Waals surface area contributed by atoms with E-state index in [0.29, 0.717) is 33.9 Å². The Morgan fingerprint density at radius 2 is 1.88 bits per heavy atom. The standard InChI is InChI=1S/C41H47N9O6/c1-41(2,55)37-32(44-38(52)28-21-29(42-3)23-43-22-28)25-49(46-37)30-12-10-26(11-13-30)24-48-18-16-31(17-19-48)56-20-6-8-27-7-5-9-33-36(27)47(4)40(54)50(33)34-14-15-35(51)45-39(34)53/h5,7,9,21-23,25-26,30-31,34,55H,10-20,24H2,1-2,4H3,(H,44,52)(H,45,51,53). The van der Waals surface area contributed by atoms with E-state index < -0.39 is 23.5 Å². The van der Waals surface area contributed by atoms with Crippen LogP contribution in [-0.2, 0) is 27.0 Å². The molecule has 3 N–H and O–H groups in total. The lowest BCUT2D eigenvalue weighted by atomic mass is 9.85. The molecule has 1 aliphatic carbocycles. The minimum atomic E-state index is -1.27. The number of carbonyl (C=O) groups excluding carboxylic acids is 3. The lowest BCUT2D eigenvalue weighted by Gasteiger charge is -2.36. The van der Waals surface area contributed by atoms with Crippen molar-refractivity contribution in [3.05, 3.63) is 81.6 Å². The van der Waals surface area contributed by atoms with E-state index in [1.54, 1.807) is 33.2 Å². The quantitative estimate of drug-likeness (QED) is 0.129. The maximum atomic E-state index is 13.2. The van der Waals surface area contributed by atoms with Gasteiger partial charge in [0, 0.05) is 57.3 Å². The molecule has 7 rings (SSSR count). The van der Waals surface area contributed by atoms with E-state index in [9.17, 15) is 24.3 Å². The molecule has 0 spiro atoms. The van der Waals surface area contributed by atoms with Gasteiger partial charge in [0.15, 0.2) is 0 Å². The Bertz CT molecular complexity index is 2300. The van der Waals surface area contributed by atoms with Crippen molar-refractivity contribution in [3.63, 3.8) is 0 Å². The van der Waals surface area contributed by atoms with Crippen molar-refractivity contribution in [3.8, 4) is 11.8 Å². The number of rotatable bonds is 9. The maximum Gasteiger partial charge on any atom is 0.329 e. The van der Waals surface area contributed by atoms with Crippen molar-refractivity contribution in [1.82, 2.24) is 34.1 Å². The highest BCUT2D eigenvalue weighted by Crippen LogP contribution is 2.36. The molecule has 5 heterocycles. The predicted octanol–water partition coefficient (Wildman–Crippen LogP) is 4.20. The van der Waals surface area contributed by atoms with Gasteiger partial charge in [-0.05, 0) is 82.9 Å². The Labute approximate surface area is 324 Å². The molecule has 0 bridgehead atoms. The van der Waals surface area contributed by atoms with Gasteiger partial charge in [0.2, 0.25) is 17.5 Å². The van der Waals surface area contributed by atoms with Crippen molar-refractivity contribution in [1.29, 1.82) is 0 Å². The number of anilines is 1. The zero-order valence-corrected chi connectivity index (χ0v) is 32.0. The molecule has 3 aliphatic rings. The van der Waals surface area contributed by atoms with Gasteiger partial charge in [-0.3, -0.25) is 38.5 Å². The number of imidazole rings is 1. The molecule has 1 aromatic carbocycles. The van der Waals surface area contributed by atoms with Gasteiger partial charge in [-0.25, -0.2) is 9.64 Å². The Hall–Kier alpha value is -5.61. The number of aliphatic hydroxyl groups is 1. The summed E-state index contributed by atoms with van der Waals surface area (Å²) in [5, 5.41) is 20.8. The number of aryl methyl sites for hydroxylation is 1. The number of pyridine rings is 1. The number of amides is 3. The van der Waals surface area contributed by atoms with Crippen molar-refractivity contribution in [2.75, 3.05) is 31.6 Å². The summed E-state index contributed by atoms with van der Waals surface area (Å²) in [5.41, 5.74) is 1.71. The molecule has 2 saturated heterocycles. The van der Waals surface area contributed by atoms with E-state index in [1.165, 1.54) is 27.6 Å². The van der Waals surface area contributed by atoms with Crippen LogP contribution in [0.4, 0.5) is 11.4 Å². The first-order valence-corrected chi connectivity index (χ1v) is 19.2. The molecule has 3 fully saturated rings. The normalized spacial score (nSPS) is 20.9. The lowest BCUT2D eigenvalue weighted by molar-refractivity contribution is -0.135. The van der Waals surface area contributed by atoms with Gasteiger partial charge in [-0.15, -0.1) is 0 Å². The number of nitrogens with zero attached hydrogens (tertiary/aromatic N) is 7. The molecule has 292 valence electrons. The monoisotopic (exact) mass is 761 g/mol. The number of aromatic nitrogens is 5. The summed E-state index contributed by atoms with van der Waals surface area (Å²) in [4.78, 5) is 60.3. The Kier molecular flexibility index (Phi) is 11.2. The maximum absolute atomic E-state index is 13.2. The predicted molar refractivity (Wildman–Crippen MR) is 208 cm³/mol. The van der Waals surface area contributed by atoms with Crippen LogP contribution in [0.2, 0.25) is 0 Å². The van der Waals surface area contributed by atoms with Crippen LogP contribution in [-0.4, -0.2) is 84.0 Å². The highest BCUT2D eigenvalue weighted by molar-refractivity contribution is 6.05. The molecule has 15 heteroatoms. The first kappa shape index (κ1) is 38.7. The van der Waals surface area contributed by atoms with Crippen LogP contribution in [0.3, 0.4) is 0 Å². The minimum Gasteiger partial charge on any atom is -0.384 e. The molecule has 15 nitrogen and oxygen atoms in total. The van der Waals surface area contributed by atoms with Gasteiger partial charge in [-0.2, -0.15) is 5.10 Å². The molecule has 1 unspecified atom stereocenters. The third-order valence-electron chi connectivity index (χ3n) is 11.2. The van der Waals surface area contributed by atoms with Crippen LogP contribution < -0.4 is 16.3 Å². The molecule has 0 radical (unpaired) electrons. The summed E-state index contributed by atoms with van der Waals surface area (Å²) in [6.07, 6.45) is 11.1. The number of hydrogen-bond acceptors (Lipinski definition) is 9. The van der Waals surface area contributed by atoms with Crippen molar-refractivity contribution in [2.24, 2.45) is 13.0 Å². The molecule has 4 aromatic rings. The van der Waals surface area contributed by atoms with E-state index >= 15 is 0 Å². The van der Waals surface area contributed by atoms with Crippen molar-refractivity contribution in [2.45, 2.75) is 89.0 Å². The molecule has 1 saturated carbocycles. The third-order valence-corrected chi connectivity index (χ3v) is 11.2. The highest BCUT2D eigenvalue weighted by Gasteiger charge is 2.33. The number of para-hydroxylation sites is 1. The number of fused-ring (bicyclic) bond motifs is 1. The van der Waals surface area contributed by atoms with Gasteiger partial charge < -0.3 is 20.1 Å². The molecular weight excluding hydrogens is 715 g/mol. The van der Waals surface area contributed by atoms with Crippen LogP contribution in [0, 0.1) is 24.3 Å². The molecule has 56 heavy (non-hydrogen) atoms. The zero-order valence-electron chi connectivity index (χ0n) is 32.0. The van der Waals surface area contributed by atoms with Crippen LogP contribution in [0.15, 0.2) is 47.7 Å². The fraction of sp³-hybridized carbons (Fsp3) is 0.488. The highest BCUT2D eigenvalue weighted by atomic mass is 16.5. The number of imide groups is 1. The summed E-state index contributed by atoms with van der Waals surface area (Å²) >= 11 is 0. The second kappa shape index (κ2) is 16.2. The van der Waals surface area contributed by atoms with Gasteiger partial charge in [0.05, 0.1) is 41.0 Å². The Morgan fingerprint density at radius 3 is 2.59 bits per heavy atom. The second-order valence-corrected chi connectivity index (χ2v) is 15.6. The molecule has 2 aliphatic heterocycles. The topological polar surface area (TPSA) is 170 Å². The summed E-state index contributed by atoms with van der Waals surface area (Å²) in [5.74, 6) is 5.67. The number of piperidine rings is 2. The van der Waals surface area contributed by atoms with Crippen LogP contribution in [0.5, 0.6) is 0 Å². The van der Waals surface area contributed by atoms with Gasteiger partial charge in [0.25, 0.3) is 5.91 Å². The van der Waals surface area contributed by atoms with Crippen LogP contribution in [0.25, 0.3) is 15.9 Å². The van der Waals surface area contributed by atoms with Crippen LogP contribution in [0.1, 0.15) is 98.9 Å². The van der Waals surface area contributed by atoms with E-state index in [0.717, 1.165) is 58.2 Å². The van der Waals surface area contributed by atoms with E-state index in [2.05, 4.69) is 37.2 Å². The first-order valence-electron chi connectivity index (χ1n) is 19.2. The summed E-state index contributed by atoms with van der Waals surface area (Å²) in [6.45, 7) is 13.7. The molecule has 3 aromatic heterocycles. The van der Waals surface area contributed by atoms with E-state index in [1.807, 2.05) is 16.8 Å². The minimum absolute atomic E-state index is 0.123. The second-order valence-electron chi connectivity index (χ2n) is 15.6. The largest absolute Gasteiger partial charge is 0.384 e.